The fourth-order valence-electron chi connectivity index (χ4n) is 2.80. The monoisotopic (exact) mass is 218 g/mol. The molecule has 0 unspecified atom stereocenters. The number of aryl methyl sites for hydroxylation is 1. The lowest BCUT2D eigenvalue weighted by atomic mass is 9.76. The Morgan fingerprint density at radius 2 is 2.00 bits per heavy atom. The van der Waals surface area contributed by atoms with Crippen LogP contribution in [0.2, 0.25) is 0 Å². The van der Waals surface area contributed by atoms with Gasteiger partial charge in [-0.05, 0) is 69.1 Å². The fraction of sp³-hybridized carbons (Fsp3) is 0.643. The number of rotatable bonds is 2. The molecule has 2 rings (SSSR count). The molecule has 0 amide bonds. The smallest absolute Gasteiger partial charge is 0.0375 e. The van der Waals surface area contributed by atoms with E-state index in [-0.39, 0.29) is 0 Å². The average Bonchev–Trinajstić information content (AvgIpc) is 2.29. The number of nitrogens with two attached hydrogens (primary N) is 1. The summed E-state index contributed by atoms with van der Waals surface area (Å²) in [5.41, 5.74) is 8.56. The van der Waals surface area contributed by atoms with Gasteiger partial charge in [0.05, 0.1) is 0 Å². The van der Waals surface area contributed by atoms with E-state index in [0.29, 0.717) is 6.04 Å². The van der Waals surface area contributed by atoms with Gasteiger partial charge in [-0.15, -0.1) is 0 Å². The van der Waals surface area contributed by atoms with Crippen LogP contribution < -0.4 is 5.73 Å². The van der Waals surface area contributed by atoms with Crippen molar-refractivity contribution in [3.8, 4) is 0 Å². The molecule has 1 aliphatic carbocycles. The summed E-state index contributed by atoms with van der Waals surface area (Å²) in [5.74, 6) is 1.47. The van der Waals surface area contributed by atoms with Gasteiger partial charge >= 0.3 is 0 Å². The largest absolute Gasteiger partial charge is 0.328 e. The van der Waals surface area contributed by atoms with Crippen molar-refractivity contribution in [2.75, 3.05) is 0 Å². The highest BCUT2D eigenvalue weighted by Crippen LogP contribution is 2.36. The van der Waals surface area contributed by atoms with Crippen LogP contribution in [0.1, 0.15) is 49.8 Å². The second-order valence-corrected chi connectivity index (χ2v) is 5.20. The predicted molar refractivity (Wildman–Crippen MR) is 67.3 cm³/mol. The highest BCUT2D eigenvalue weighted by atomic mass is 14.7. The van der Waals surface area contributed by atoms with E-state index in [1.165, 1.54) is 31.2 Å². The first-order chi connectivity index (χ1) is 7.66. The van der Waals surface area contributed by atoms with Crippen LogP contribution in [-0.2, 0) is 0 Å². The highest BCUT2D eigenvalue weighted by molar-refractivity contribution is 5.20. The van der Waals surface area contributed by atoms with Gasteiger partial charge in [0.15, 0.2) is 0 Å². The third-order valence-corrected chi connectivity index (χ3v) is 3.91. The second-order valence-electron chi connectivity index (χ2n) is 5.20. The standard InChI is InChI=1S/C14H22N2/c1-10-9-14(7-8-16-10)13-5-3-12(4-6-13)11(2)15/h7-9,11-13H,3-6,15H2,1-2H3/t11-,12-,13+/m1/s1. The first kappa shape index (κ1) is 11.6. The zero-order chi connectivity index (χ0) is 11.5. The lowest BCUT2D eigenvalue weighted by molar-refractivity contribution is 0.291. The summed E-state index contributed by atoms with van der Waals surface area (Å²) in [5, 5.41) is 0. The zero-order valence-electron chi connectivity index (χ0n) is 10.3. The van der Waals surface area contributed by atoms with Crippen molar-refractivity contribution in [2.45, 2.75) is 51.5 Å². The van der Waals surface area contributed by atoms with Gasteiger partial charge in [0, 0.05) is 17.9 Å². The topological polar surface area (TPSA) is 38.9 Å². The van der Waals surface area contributed by atoms with Crippen LogP contribution in [0.4, 0.5) is 0 Å². The molecule has 1 atom stereocenters. The normalized spacial score (nSPS) is 27.7. The molecule has 1 fully saturated rings. The third-order valence-electron chi connectivity index (χ3n) is 3.91. The van der Waals surface area contributed by atoms with Crippen LogP contribution in [0.25, 0.3) is 0 Å². The molecule has 0 aromatic carbocycles. The lowest BCUT2D eigenvalue weighted by Gasteiger charge is -2.31. The van der Waals surface area contributed by atoms with E-state index in [9.17, 15) is 0 Å². The highest BCUT2D eigenvalue weighted by Gasteiger charge is 2.24. The van der Waals surface area contributed by atoms with E-state index < -0.39 is 0 Å². The maximum Gasteiger partial charge on any atom is 0.0375 e. The Morgan fingerprint density at radius 3 is 2.56 bits per heavy atom. The summed E-state index contributed by atoms with van der Waals surface area (Å²) in [6, 6.07) is 4.76. The van der Waals surface area contributed by atoms with E-state index in [4.69, 9.17) is 5.73 Å². The van der Waals surface area contributed by atoms with Gasteiger partial charge < -0.3 is 5.73 Å². The van der Waals surface area contributed by atoms with Crippen molar-refractivity contribution >= 4 is 0 Å². The second kappa shape index (κ2) is 4.96. The van der Waals surface area contributed by atoms with E-state index in [1.54, 1.807) is 0 Å². The molecule has 1 saturated carbocycles. The number of aromatic nitrogens is 1. The number of hydrogen-bond acceptors (Lipinski definition) is 2. The molecule has 2 N–H and O–H groups in total. The van der Waals surface area contributed by atoms with Crippen molar-refractivity contribution in [3.63, 3.8) is 0 Å². The van der Waals surface area contributed by atoms with Gasteiger partial charge in [-0.3, -0.25) is 4.98 Å². The molecular weight excluding hydrogens is 196 g/mol. The van der Waals surface area contributed by atoms with Crippen LogP contribution in [-0.4, -0.2) is 11.0 Å². The molecule has 16 heavy (non-hydrogen) atoms. The molecule has 2 nitrogen and oxygen atoms in total. The maximum absolute atomic E-state index is 5.97. The Hall–Kier alpha value is -0.890. The van der Waals surface area contributed by atoms with Gasteiger partial charge in [0.25, 0.3) is 0 Å². The van der Waals surface area contributed by atoms with Crippen molar-refractivity contribution in [3.05, 3.63) is 29.6 Å². The van der Waals surface area contributed by atoms with Crippen LogP contribution in [0.15, 0.2) is 18.3 Å². The van der Waals surface area contributed by atoms with Gasteiger partial charge in [-0.25, -0.2) is 0 Å². The molecule has 88 valence electrons. The van der Waals surface area contributed by atoms with Crippen LogP contribution in [0, 0.1) is 12.8 Å². The first-order valence-corrected chi connectivity index (χ1v) is 6.35. The third kappa shape index (κ3) is 2.62. The summed E-state index contributed by atoms with van der Waals surface area (Å²) in [6.07, 6.45) is 7.07. The molecular formula is C14H22N2. The number of hydrogen-bond donors (Lipinski definition) is 1. The summed E-state index contributed by atoms with van der Waals surface area (Å²) < 4.78 is 0. The molecule has 0 radical (unpaired) electrons. The molecule has 1 aromatic heterocycles. The Bertz CT molecular complexity index is 338. The Labute approximate surface area is 98.3 Å². The van der Waals surface area contributed by atoms with Gasteiger partial charge in [-0.2, -0.15) is 0 Å². The summed E-state index contributed by atoms with van der Waals surface area (Å²) >= 11 is 0. The molecule has 0 bridgehead atoms. The van der Waals surface area contributed by atoms with Crippen molar-refractivity contribution in [1.82, 2.24) is 4.98 Å². The molecule has 2 heteroatoms. The SMILES string of the molecule is Cc1cc([C@H]2CC[C@@H]([C@@H](C)N)CC2)ccn1. The first-order valence-electron chi connectivity index (χ1n) is 6.35. The van der Waals surface area contributed by atoms with E-state index in [0.717, 1.165) is 17.5 Å². The van der Waals surface area contributed by atoms with E-state index in [1.807, 2.05) is 6.20 Å². The zero-order valence-corrected chi connectivity index (χ0v) is 10.3. The average molecular weight is 218 g/mol. The van der Waals surface area contributed by atoms with Gasteiger partial charge in [0.2, 0.25) is 0 Å². The van der Waals surface area contributed by atoms with Crippen molar-refractivity contribution in [2.24, 2.45) is 11.7 Å². The summed E-state index contributed by atoms with van der Waals surface area (Å²) in [7, 11) is 0. The summed E-state index contributed by atoms with van der Waals surface area (Å²) in [6.45, 7) is 4.21. The minimum Gasteiger partial charge on any atom is -0.328 e. The van der Waals surface area contributed by atoms with Gasteiger partial charge in [-0.1, -0.05) is 0 Å². The molecule has 1 heterocycles. The van der Waals surface area contributed by atoms with E-state index >= 15 is 0 Å². The molecule has 0 aliphatic heterocycles. The van der Waals surface area contributed by atoms with Crippen molar-refractivity contribution < 1.29 is 0 Å². The minimum absolute atomic E-state index is 0.361. The van der Waals surface area contributed by atoms with Crippen LogP contribution >= 0.6 is 0 Å². The number of pyridine rings is 1. The Kier molecular flexibility index (Phi) is 3.59. The van der Waals surface area contributed by atoms with Crippen LogP contribution in [0.3, 0.4) is 0 Å². The Morgan fingerprint density at radius 1 is 1.31 bits per heavy atom. The Balaban J connectivity index is 1.99. The van der Waals surface area contributed by atoms with Crippen LogP contribution in [0.5, 0.6) is 0 Å². The molecule has 1 aromatic rings. The van der Waals surface area contributed by atoms with Crippen molar-refractivity contribution in [1.29, 1.82) is 0 Å². The fourth-order valence-corrected chi connectivity index (χ4v) is 2.80. The molecule has 0 spiro atoms. The minimum atomic E-state index is 0.361. The summed E-state index contributed by atoms with van der Waals surface area (Å²) in [4.78, 5) is 4.26. The van der Waals surface area contributed by atoms with Gasteiger partial charge in [0.1, 0.15) is 0 Å². The number of nitrogens with zero attached hydrogens (tertiary/aromatic N) is 1. The quantitative estimate of drug-likeness (QED) is 0.828. The molecule has 0 saturated heterocycles. The maximum atomic E-state index is 5.97. The molecule has 1 aliphatic rings. The lowest BCUT2D eigenvalue weighted by Crippen LogP contribution is -2.29. The predicted octanol–water partition coefficient (Wildman–Crippen LogP) is 3.01. The van der Waals surface area contributed by atoms with E-state index in [2.05, 4.69) is 31.0 Å².